The average molecular weight is 237 g/mol. The molecule has 2 N–H and O–H groups in total. The first-order chi connectivity index (χ1) is 8.20. The van der Waals surface area contributed by atoms with E-state index in [9.17, 15) is 4.39 Å². The van der Waals surface area contributed by atoms with Crippen molar-refractivity contribution in [2.45, 2.75) is 38.8 Å². The smallest absolute Gasteiger partial charge is 0.126 e. The minimum atomic E-state index is -0.144. The Balaban J connectivity index is 1.89. The molecule has 1 aliphatic carbocycles. The van der Waals surface area contributed by atoms with E-state index in [0.717, 1.165) is 12.0 Å². The largest absolute Gasteiger partial charge is 0.396 e. The molecule has 1 aromatic rings. The summed E-state index contributed by atoms with van der Waals surface area (Å²) < 4.78 is 13.4. The predicted molar refractivity (Wildman–Crippen MR) is 66.2 cm³/mol. The number of hydrogen-bond acceptors (Lipinski definition) is 2. The lowest BCUT2D eigenvalue weighted by atomic mass is 10.1. The van der Waals surface area contributed by atoms with Gasteiger partial charge in [-0.25, -0.2) is 4.39 Å². The maximum atomic E-state index is 13.4. The summed E-state index contributed by atoms with van der Waals surface area (Å²) in [5.41, 5.74) is 1.65. The lowest BCUT2D eigenvalue weighted by molar-refractivity contribution is 0.255. The van der Waals surface area contributed by atoms with Crippen LogP contribution in [0.25, 0.3) is 0 Å². The summed E-state index contributed by atoms with van der Waals surface area (Å²) in [6, 6.07) is 5.73. The molecule has 0 spiro atoms. The van der Waals surface area contributed by atoms with Crippen molar-refractivity contribution in [2.75, 3.05) is 6.61 Å². The van der Waals surface area contributed by atoms with Gasteiger partial charge in [0.15, 0.2) is 0 Å². The van der Waals surface area contributed by atoms with Gasteiger partial charge in [0.05, 0.1) is 0 Å². The molecule has 0 heterocycles. The third-order valence-electron chi connectivity index (χ3n) is 3.44. The minimum Gasteiger partial charge on any atom is -0.396 e. The first kappa shape index (κ1) is 12.5. The Morgan fingerprint density at radius 2 is 2.24 bits per heavy atom. The highest BCUT2D eigenvalue weighted by molar-refractivity contribution is 5.23. The fourth-order valence-corrected chi connectivity index (χ4v) is 2.14. The van der Waals surface area contributed by atoms with Gasteiger partial charge in [0.25, 0.3) is 0 Å². The van der Waals surface area contributed by atoms with Crippen molar-refractivity contribution in [3.8, 4) is 0 Å². The number of nitrogens with one attached hydrogen (secondary N) is 1. The van der Waals surface area contributed by atoms with Gasteiger partial charge in [-0.1, -0.05) is 12.1 Å². The molecule has 0 saturated heterocycles. The maximum Gasteiger partial charge on any atom is 0.126 e. The van der Waals surface area contributed by atoms with Crippen LogP contribution in [-0.4, -0.2) is 17.8 Å². The van der Waals surface area contributed by atoms with Crippen molar-refractivity contribution in [3.63, 3.8) is 0 Å². The molecule has 0 amide bonds. The van der Waals surface area contributed by atoms with E-state index in [-0.39, 0.29) is 12.4 Å². The Morgan fingerprint density at radius 1 is 1.47 bits per heavy atom. The zero-order chi connectivity index (χ0) is 12.3. The van der Waals surface area contributed by atoms with Crippen LogP contribution in [0.1, 0.15) is 30.4 Å². The summed E-state index contributed by atoms with van der Waals surface area (Å²) >= 11 is 0. The highest BCUT2D eigenvalue weighted by atomic mass is 19.1. The molecular weight excluding hydrogens is 217 g/mol. The Morgan fingerprint density at radius 3 is 2.82 bits per heavy atom. The highest BCUT2D eigenvalue weighted by Crippen LogP contribution is 2.34. The quantitative estimate of drug-likeness (QED) is 0.796. The van der Waals surface area contributed by atoms with Crippen LogP contribution in [0.3, 0.4) is 0 Å². The molecule has 2 rings (SSSR count). The third-order valence-corrected chi connectivity index (χ3v) is 3.44. The number of benzene rings is 1. The zero-order valence-electron chi connectivity index (χ0n) is 10.2. The molecule has 1 fully saturated rings. The molecule has 1 saturated carbocycles. The van der Waals surface area contributed by atoms with Crippen molar-refractivity contribution < 1.29 is 9.50 Å². The van der Waals surface area contributed by atoms with E-state index in [4.69, 9.17) is 5.11 Å². The van der Waals surface area contributed by atoms with Gasteiger partial charge in [0.2, 0.25) is 0 Å². The Hall–Kier alpha value is -0.930. The number of aryl methyl sites for hydroxylation is 1. The third kappa shape index (κ3) is 3.51. The van der Waals surface area contributed by atoms with Crippen LogP contribution in [0.2, 0.25) is 0 Å². The molecular formula is C14H20FNO. The molecule has 1 atom stereocenters. The van der Waals surface area contributed by atoms with Crippen LogP contribution >= 0.6 is 0 Å². The van der Waals surface area contributed by atoms with Crippen LogP contribution in [0.4, 0.5) is 4.39 Å². The summed E-state index contributed by atoms with van der Waals surface area (Å²) in [5, 5.41) is 12.4. The summed E-state index contributed by atoms with van der Waals surface area (Å²) in [6.45, 7) is 2.67. The van der Waals surface area contributed by atoms with E-state index in [0.29, 0.717) is 24.1 Å². The first-order valence-corrected chi connectivity index (χ1v) is 6.30. The number of aliphatic hydroxyl groups is 1. The second kappa shape index (κ2) is 5.61. The second-order valence-corrected chi connectivity index (χ2v) is 4.92. The zero-order valence-corrected chi connectivity index (χ0v) is 10.2. The molecule has 0 radical (unpaired) electrons. The Labute approximate surface area is 102 Å². The minimum absolute atomic E-state index is 0.144. The summed E-state index contributed by atoms with van der Waals surface area (Å²) in [6.07, 6.45) is 3.29. The topological polar surface area (TPSA) is 32.3 Å². The van der Waals surface area contributed by atoms with Gasteiger partial charge in [-0.3, -0.25) is 0 Å². The number of aliphatic hydroxyl groups excluding tert-OH is 1. The fourth-order valence-electron chi connectivity index (χ4n) is 2.14. The van der Waals surface area contributed by atoms with E-state index >= 15 is 0 Å². The summed E-state index contributed by atoms with van der Waals surface area (Å²) in [4.78, 5) is 0. The standard InChI is InChI=1S/C14H20FNO/c1-10-2-3-11(8-13(10)15)9-16-14(6-7-17)12-4-5-12/h2-3,8,12,14,16-17H,4-7,9H2,1H3. The molecule has 1 aliphatic rings. The van der Waals surface area contributed by atoms with Gasteiger partial charge in [-0.2, -0.15) is 0 Å². The molecule has 94 valence electrons. The van der Waals surface area contributed by atoms with Crippen molar-refractivity contribution in [3.05, 3.63) is 35.1 Å². The van der Waals surface area contributed by atoms with Crippen molar-refractivity contribution in [1.82, 2.24) is 5.32 Å². The van der Waals surface area contributed by atoms with Crippen LogP contribution in [0, 0.1) is 18.7 Å². The van der Waals surface area contributed by atoms with E-state index in [1.165, 1.54) is 12.8 Å². The normalized spacial score (nSPS) is 17.1. The van der Waals surface area contributed by atoms with Gasteiger partial charge in [0.1, 0.15) is 5.82 Å². The maximum absolute atomic E-state index is 13.4. The molecule has 17 heavy (non-hydrogen) atoms. The van der Waals surface area contributed by atoms with Gasteiger partial charge in [-0.15, -0.1) is 0 Å². The van der Waals surface area contributed by atoms with Crippen molar-refractivity contribution in [2.24, 2.45) is 5.92 Å². The van der Waals surface area contributed by atoms with Crippen molar-refractivity contribution in [1.29, 1.82) is 0 Å². The number of halogens is 1. The van der Waals surface area contributed by atoms with E-state index in [1.807, 2.05) is 12.1 Å². The van der Waals surface area contributed by atoms with Gasteiger partial charge in [0, 0.05) is 19.2 Å². The fraction of sp³-hybridized carbons (Fsp3) is 0.571. The van der Waals surface area contributed by atoms with Crippen LogP contribution in [-0.2, 0) is 6.54 Å². The van der Waals surface area contributed by atoms with Crippen LogP contribution in [0.15, 0.2) is 18.2 Å². The lowest BCUT2D eigenvalue weighted by Crippen LogP contribution is -2.31. The molecule has 2 nitrogen and oxygen atoms in total. The highest BCUT2D eigenvalue weighted by Gasteiger charge is 2.30. The van der Waals surface area contributed by atoms with Gasteiger partial charge in [-0.05, 0) is 49.3 Å². The molecule has 0 aliphatic heterocycles. The molecule has 0 bridgehead atoms. The Bertz CT molecular complexity index is 376. The molecule has 3 heteroatoms. The molecule has 0 aromatic heterocycles. The van der Waals surface area contributed by atoms with Crippen LogP contribution in [0.5, 0.6) is 0 Å². The monoisotopic (exact) mass is 237 g/mol. The van der Waals surface area contributed by atoms with Gasteiger partial charge < -0.3 is 10.4 Å². The predicted octanol–water partition coefficient (Wildman–Crippen LogP) is 2.38. The summed E-state index contributed by atoms with van der Waals surface area (Å²) in [5.74, 6) is 0.562. The SMILES string of the molecule is Cc1ccc(CNC(CCO)C2CC2)cc1F. The average Bonchev–Trinajstić information content (AvgIpc) is 3.13. The Kier molecular flexibility index (Phi) is 4.13. The van der Waals surface area contributed by atoms with Crippen LogP contribution < -0.4 is 5.32 Å². The van der Waals surface area contributed by atoms with E-state index in [2.05, 4.69) is 5.32 Å². The van der Waals surface area contributed by atoms with E-state index < -0.39 is 0 Å². The lowest BCUT2D eigenvalue weighted by Gasteiger charge is -2.17. The summed E-state index contributed by atoms with van der Waals surface area (Å²) in [7, 11) is 0. The van der Waals surface area contributed by atoms with Crippen molar-refractivity contribution >= 4 is 0 Å². The van der Waals surface area contributed by atoms with Gasteiger partial charge >= 0.3 is 0 Å². The molecule has 1 aromatic carbocycles. The first-order valence-electron chi connectivity index (χ1n) is 6.30. The molecule has 1 unspecified atom stereocenters. The number of hydrogen-bond donors (Lipinski definition) is 2. The second-order valence-electron chi connectivity index (χ2n) is 4.92. The van der Waals surface area contributed by atoms with E-state index in [1.54, 1.807) is 13.0 Å². The number of rotatable bonds is 6.